The zero-order valence-electron chi connectivity index (χ0n) is 12.8. The average Bonchev–Trinajstić information content (AvgIpc) is 2.93. The Morgan fingerprint density at radius 3 is 2.65 bits per heavy atom. The van der Waals surface area contributed by atoms with Crippen molar-refractivity contribution in [2.24, 2.45) is 7.05 Å². The molecule has 0 unspecified atom stereocenters. The Morgan fingerprint density at radius 1 is 1.35 bits per heavy atom. The van der Waals surface area contributed by atoms with Gasteiger partial charge in [-0.1, -0.05) is 30.3 Å². The number of rotatable bonds is 7. The molecular formula is C15H18N4O4. The first-order valence-corrected chi connectivity index (χ1v) is 7.15. The van der Waals surface area contributed by atoms with Crippen LogP contribution in [0.5, 0.6) is 0 Å². The lowest BCUT2D eigenvalue weighted by Crippen LogP contribution is -2.36. The summed E-state index contributed by atoms with van der Waals surface area (Å²) in [4.78, 5) is 24.4. The number of aryl methyl sites for hydroxylation is 1. The number of nitro groups is 1. The minimum absolute atomic E-state index is 0.0866. The molecule has 0 aliphatic heterocycles. The van der Waals surface area contributed by atoms with Crippen molar-refractivity contribution in [3.05, 3.63) is 57.9 Å². The monoisotopic (exact) mass is 318 g/mol. The van der Waals surface area contributed by atoms with Gasteiger partial charge in [0.05, 0.1) is 11.5 Å². The lowest BCUT2D eigenvalue weighted by molar-refractivity contribution is -0.385. The predicted octanol–water partition coefficient (Wildman–Crippen LogP) is 1.01. The van der Waals surface area contributed by atoms with Gasteiger partial charge in [-0.05, 0) is 12.0 Å². The van der Waals surface area contributed by atoms with Gasteiger partial charge < -0.3 is 10.0 Å². The van der Waals surface area contributed by atoms with Gasteiger partial charge in [-0.15, -0.1) is 0 Å². The first-order chi connectivity index (χ1) is 11.0. The van der Waals surface area contributed by atoms with Crippen molar-refractivity contribution in [3.8, 4) is 0 Å². The normalized spacial score (nSPS) is 10.5. The third-order valence-corrected chi connectivity index (χ3v) is 3.49. The standard InChI is InChI=1S/C15H18N4O4/c1-17-14(13(11-16-17)19(22)23)15(21)18(9-10-20)8-7-12-5-3-2-4-6-12/h2-6,11,20H,7-10H2,1H3. The topological polar surface area (TPSA) is 102 Å². The van der Waals surface area contributed by atoms with Crippen LogP contribution in [0.3, 0.4) is 0 Å². The van der Waals surface area contributed by atoms with Crippen molar-refractivity contribution in [3.63, 3.8) is 0 Å². The second-order valence-electron chi connectivity index (χ2n) is 5.01. The van der Waals surface area contributed by atoms with E-state index in [9.17, 15) is 20.0 Å². The maximum absolute atomic E-state index is 12.6. The van der Waals surface area contributed by atoms with Gasteiger partial charge >= 0.3 is 5.69 Å². The zero-order chi connectivity index (χ0) is 16.8. The largest absolute Gasteiger partial charge is 0.395 e. The molecule has 0 saturated carbocycles. The molecule has 8 heteroatoms. The molecule has 0 bridgehead atoms. The van der Waals surface area contributed by atoms with E-state index in [0.29, 0.717) is 13.0 Å². The van der Waals surface area contributed by atoms with Crippen molar-refractivity contribution in [1.82, 2.24) is 14.7 Å². The molecule has 0 aliphatic rings. The van der Waals surface area contributed by atoms with Crippen LogP contribution in [-0.4, -0.2) is 50.3 Å². The van der Waals surface area contributed by atoms with Crippen molar-refractivity contribution in [1.29, 1.82) is 0 Å². The van der Waals surface area contributed by atoms with E-state index in [1.807, 2.05) is 30.3 Å². The number of hydrogen-bond acceptors (Lipinski definition) is 5. The molecule has 1 aromatic carbocycles. The molecule has 122 valence electrons. The highest BCUT2D eigenvalue weighted by molar-refractivity contribution is 5.96. The summed E-state index contributed by atoms with van der Waals surface area (Å²) in [5, 5.41) is 24.0. The summed E-state index contributed by atoms with van der Waals surface area (Å²) in [5.74, 6) is -0.512. The summed E-state index contributed by atoms with van der Waals surface area (Å²) in [6, 6.07) is 9.58. The maximum atomic E-state index is 12.6. The third-order valence-electron chi connectivity index (χ3n) is 3.49. The fourth-order valence-corrected chi connectivity index (χ4v) is 2.30. The van der Waals surface area contributed by atoms with Gasteiger partial charge in [-0.3, -0.25) is 19.6 Å². The van der Waals surface area contributed by atoms with Gasteiger partial charge in [0.1, 0.15) is 6.20 Å². The molecule has 23 heavy (non-hydrogen) atoms. The number of hydrogen-bond donors (Lipinski definition) is 1. The van der Waals surface area contributed by atoms with Gasteiger partial charge in [0.25, 0.3) is 5.91 Å². The van der Waals surface area contributed by atoms with Crippen molar-refractivity contribution in [2.45, 2.75) is 6.42 Å². The molecule has 1 aromatic heterocycles. The van der Waals surface area contributed by atoms with E-state index in [-0.39, 0.29) is 24.5 Å². The van der Waals surface area contributed by atoms with E-state index in [4.69, 9.17) is 0 Å². The van der Waals surface area contributed by atoms with Crippen LogP contribution >= 0.6 is 0 Å². The number of aliphatic hydroxyl groups excluding tert-OH is 1. The van der Waals surface area contributed by atoms with Crippen LogP contribution in [0.25, 0.3) is 0 Å². The summed E-state index contributed by atoms with van der Waals surface area (Å²) < 4.78 is 1.19. The quantitative estimate of drug-likeness (QED) is 0.606. The predicted molar refractivity (Wildman–Crippen MR) is 83.0 cm³/mol. The lowest BCUT2D eigenvalue weighted by atomic mass is 10.1. The van der Waals surface area contributed by atoms with Crippen LogP contribution in [0, 0.1) is 10.1 Å². The molecule has 0 spiro atoms. The number of carbonyl (C=O) groups is 1. The molecule has 1 heterocycles. The number of amides is 1. The van der Waals surface area contributed by atoms with E-state index >= 15 is 0 Å². The zero-order valence-corrected chi connectivity index (χ0v) is 12.8. The number of aromatic nitrogens is 2. The first kappa shape index (κ1) is 16.6. The highest BCUT2D eigenvalue weighted by Gasteiger charge is 2.29. The van der Waals surface area contributed by atoms with Gasteiger partial charge in [0.15, 0.2) is 0 Å². The fourth-order valence-electron chi connectivity index (χ4n) is 2.30. The summed E-state index contributed by atoms with van der Waals surface area (Å²) in [6.07, 6.45) is 1.65. The molecule has 2 rings (SSSR count). The molecule has 0 fully saturated rings. The number of carbonyl (C=O) groups excluding carboxylic acids is 1. The lowest BCUT2D eigenvalue weighted by Gasteiger charge is -2.21. The molecule has 0 saturated heterocycles. The first-order valence-electron chi connectivity index (χ1n) is 7.15. The highest BCUT2D eigenvalue weighted by Crippen LogP contribution is 2.19. The minimum atomic E-state index is -0.630. The molecule has 0 atom stereocenters. The molecular weight excluding hydrogens is 300 g/mol. The molecule has 1 N–H and O–H groups in total. The van der Waals surface area contributed by atoms with Crippen LogP contribution in [-0.2, 0) is 13.5 Å². The summed E-state index contributed by atoms with van der Waals surface area (Å²) in [6.45, 7) is 0.242. The van der Waals surface area contributed by atoms with Gasteiger partial charge in [0.2, 0.25) is 5.69 Å². The average molecular weight is 318 g/mol. The van der Waals surface area contributed by atoms with Gasteiger partial charge in [-0.25, -0.2) is 0 Å². The Labute approximate surface area is 133 Å². The number of benzene rings is 1. The van der Waals surface area contributed by atoms with Gasteiger partial charge in [-0.2, -0.15) is 5.10 Å². The summed E-state index contributed by atoms with van der Waals surface area (Å²) in [7, 11) is 1.48. The Bertz CT molecular complexity index is 684. The van der Waals surface area contributed by atoms with Crippen molar-refractivity contribution in [2.75, 3.05) is 19.7 Å². The van der Waals surface area contributed by atoms with Crippen LogP contribution in [0.2, 0.25) is 0 Å². The van der Waals surface area contributed by atoms with E-state index in [1.165, 1.54) is 16.6 Å². The SMILES string of the molecule is Cn1ncc([N+](=O)[O-])c1C(=O)N(CCO)CCc1ccccc1. The Morgan fingerprint density at radius 2 is 2.04 bits per heavy atom. The van der Waals surface area contributed by atoms with E-state index in [1.54, 1.807) is 0 Å². The fraction of sp³-hybridized carbons (Fsp3) is 0.333. The molecule has 0 radical (unpaired) electrons. The molecule has 2 aromatic rings. The van der Waals surface area contributed by atoms with E-state index in [0.717, 1.165) is 11.8 Å². The Hall–Kier alpha value is -2.74. The minimum Gasteiger partial charge on any atom is -0.395 e. The molecule has 1 amide bonds. The Balaban J connectivity index is 2.18. The molecule has 8 nitrogen and oxygen atoms in total. The van der Waals surface area contributed by atoms with Crippen LogP contribution in [0.1, 0.15) is 16.1 Å². The second kappa shape index (κ2) is 7.50. The summed E-state index contributed by atoms with van der Waals surface area (Å²) in [5.41, 5.74) is 0.624. The van der Waals surface area contributed by atoms with Gasteiger partial charge in [0, 0.05) is 20.1 Å². The molecule has 0 aliphatic carbocycles. The van der Waals surface area contributed by atoms with Crippen molar-refractivity contribution >= 4 is 11.6 Å². The number of nitrogens with zero attached hydrogens (tertiary/aromatic N) is 4. The Kier molecular flexibility index (Phi) is 5.42. The highest BCUT2D eigenvalue weighted by atomic mass is 16.6. The third kappa shape index (κ3) is 3.92. The smallest absolute Gasteiger partial charge is 0.320 e. The summed E-state index contributed by atoms with van der Waals surface area (Å²) >= 11 is 0. The van der Waals surface area contributed by atoms with Crippen LogP contribution in [0.4, 0.5) is 5.69 Å². The second-order valence-corrected chi connectivity index (χ2v) is 5.01. The van der Waals surface area contributed by atoms with Crippen LogP contribution in [0.15, 0.2) is 36.5 Å². The number of aliphatic hydroxyl groups is 1. The van der Waals surface area contributed by atoms with E-state index in [2.05, 4.69) is 5.10 Å². The maximum Gasteiger partial charge on any atom is 0.320 e. The van der Waals surface area contributed by atoms with Crippen LogP contribution < -0.4 is 0 Å². The van der Waals surface area contributed by atoms with E-state index < -0.39 is 10.8 Å². The van der Waals surface area contributed by atoms with Crippen molar-refractivity contribution < 1.29 is 14.8 Å².